The van der Waals surface area contributed by atoms with E-state index >= 15 is 0 Å². The number of anilines is 1. The van der Waals surface area contributed by atoms with Gasteiger partial charge >= 0.3 is 0 Å². The summed E-state index contributed by atoms with van der Waals surface area (Å²) in [6.45, 7) is 4.44. The standard InChI is InChI=1S/C23H23N3O2/c1-16-11-12-19(17(2)15-16)26-23(28)21-10-6-9-20(25-21)22(27)24-14-13-18-7-4-3-5-8-18/h3-12,15H,13-14H2,1-2H3,(H,24,27)(H,26,28). The highest BCUT2D eigenvalue weighted by molar-refractivity contribution is 6.04. The Bertz CT molecular complexity index is 984. The van der Waals surface area contributed by atoms with Gasteiger partial charge in [-0.2, -0.15) is 0 Å². The molecule has 0 saturated carbocycles. The Morgan fingerprint density at radius 2 is 1.57 bits per heavy atom. The highest BCUT2D eigenvalue weighted by atomic mass is 16.2. The molecule has 0 aliphatic carbocycles. The zero-order valence-corrected chi connectivity index (χ0v) is 16.0. The third kappa shape index (κ3) is 5.04. The third-order valence-corrected chi connectivity index (χ3v) is 4.39. The number of carbonyl (C=O) groups excluding carboxylic acids is 2. The van der Waals surface area contributed by atoms with Gasteiger partial charge in [0.05, 0.1) is 0 Å². The number of benzene rings is 2. The SMILES string of the molecule is Cc1ccc(NC(=O)c2cccc(C(=O)NCCc3ccccc3)n2)c(C)c1. The number of carbonyl (C=O) groups is 2. The number of aryl methyl sites for hydroxylation is 2. The van der Waals surface area contributed by atoms with Gasteiger partial charge in [-0.15, -0.1) is 0 Å². The molecular formula is C23H23N3O2. The van der Waals surface area contributed by atoms with E-state index in [9.17, 15) is 9.59 Å². The van der Waals surface area contributed by atoms with Crippen LogP contribution in [0.2, 0.25) is 0 Å². The molecule has 1 aromatic heterocycles. The molecule has 0 saturated heterocycles. The molecule has 5 nitrogen and oxygen atoms in total. The minimum Gasteiger partial charge on any atom is -0.350 e. The van der Waals surface area contributed by atoms with Crippen molar-refractivity contribution in [1.29, 1.82) is 0 Å². The number of nitrogens with one attached hydrogen (secondary N) is 2. The first-order valence-corrected chi connectivity index (χ1v) is 9.21. The largest absolute Gasteiger partial charge is 0.350 e. The highest BCUT2D eigenvalue weighted by Gasteiger charge is 2.13. The first-order valence-electron chi connectivity index (χ1n) is 9.21. The van der Waals surface area contributed by atoms with Crippen molar-refractivity contribution in [3.63, 3.8) is 0 Å². The first kappa shape index (κ1) is 19.3. The van der Waals surface area contributed by atoms with Crippen molar-refractivity contribution in [2.24, 2.45) is 0 Å². The van der Waals surface area contributed by atoms with E-state index in [1.54, 1.807) is 18.2 Å². The maximum atomic E-state index is 12.5. The summed E-state index contributed by atoms with van der Waals surface area (Å²) >= 11 is 0. The maximum Gasteiger partial charge on any atom is 0.274 e. The smallest absolute Gasteiger partial charge is 0.274 e. The lowest BCUT2D eigenvalue weighted by atomic mass is 10.1. The van der Waals surface area contributed by atoms with Gasteiger partial charge in [0, 0.05) is 12.2 Å². The van der Waals surface area contributed by atoms with Crippen LogP contribution in [0.5, 0.6) is 0 Å². The fraction of sp³-hybridized carbons (Fsp3) is 0.174. The Labute approximate surface area is 164 Å². The van der Waals surface area contributed by atoms with E-state index in [1.165, 1.54) is 0 Å². The second kappa shape index (κ2) is 8.95. The molecule has 3 rings (SSSR count). The van der Waals surface area contributed by atoms with Crippen molar-refractivity contribution < 1.29 is 9.59 Å². The van der Waals surface area contributed by atoms with Crippen LogP contribution in [0.3, 0.4) is 0 Å². The van der Waals surface area contributed by atoms with Gasteiger partial charge < -0.3 is 10.6 Å². The molecule has 3 aromatic rings. The van der Waals surface area contributed by atoms with Crippen LogP contribution in [-0.4, -0.2) is 23.3 Å². The van der Waals surface area contributed by atoms with E-state index in [-0.39, 0.29) is 23.2 Å². The van der Waals surface area contributed by atoms with Crippen molar-refractivity contribution in [1.82, 2.24) is 10.3 Å². The van der Waals surface area contributed by atoms with Crippen LogP contribution in [0.4, 0.5) is 5.69 Å². The Kier molecular flexibility index (Phi) is 6.17. The monoisotopic (exact) mass is 373 g/mol. The van der Waals surface area contributed by atoms with Crippen LogP contribution in [0.25, 0.3) is 0 Å². The average Bonchev–Trinajstić information content (AvgIpc) is 2.71. The maximum absolute atomic E-state index is 12.5. The third-order valence-electron chi connectivity index (χ3n) is 4.39. The van der Waals surface area contributed by atoms with Gasteiger partial charge in [-0.05, 0) is 49.6 Å². The van der Waals surface area contributed by atoms with Crippen LogP contribution in [-0.2, 0) is 6.42 Å². The number of hydrogen-bond donors (Lipinski definition) is 2. The lowest BCUT2D eigenvalue weighted by Crippen LogP contribution is -2.27. The number of rotatable bonds is 6. The summed E-state index contributed by atoms with van der Waals surface area (Å²) in [6, 6.07) is 20.6. The van der Waals surface area contributed by atoms with E-state index in [4.69, 9.17) is 0 Å². The number of nitrogens with zero attached hydrogens (tertiary/aromatic N) is 1. The fourth-order valence-electron chi connectivity index (χ4n) is 2.88. The summed E-state index contributed by atoms with van der Waals surface area (Å²) < 4.78 is 0. The van der Waals surface area contributed by atoms with Crippen molar-refractivity contribution in [2.75, 3.05) is 11.9 Å². The minimum absolute atomic E-state index is 0.204. The molecule has 2 aromatic carbocycles. The lowest BCUT2D eigenvalue weighted by molar-refractivity contribution is 0.0949. The molecule has 2 amide bonds. The number of hydrogen-bond acceptors (Lipinski definition) is 3. The van der Waals surface area contributed by atoms with Crippen LogP contribution < -0.4 is 10.6 Å². The van der Waals surface area contributed by atoms with Crippen LogP contribution in [0.15, 0.2) is 66.7 Å². The summed E-state index contributed by atoms with van der Waals surface area (Å²) in [4.78, 5) is 29.1. The summed E-state index contributed by atoms with van der Waals surface area (Å²) in [7, 11) is 0. The lowest BCUT2D eigenvalue weighted by Gasteiger charge is -2.10. The van der Waals surface area contributed by atoms with Crippen molar-refractivity contribution in [3.05, 3.63) is 94.8 Å². The highest BCUT2D eigenvalue weighted by Crippen LogP contribution is 2.17. The molecule has 0 spiro atoms. The summed E-state index contributed by atoms with van der Waals surface area (Å²) in [5.41, 5.74) is 4.41. The van der Waals surface area contributed by atoms with Gasteiger partial charge in [-0.1, -0.05) is 54.1 Å². The van der Waals surface area contributed by atoms with Crippen LogP contribution in [0, 0.1) is 13.8 Å². The van der Waals surface area contributed by atoms with Gasteiger partial charge in [0.25, 0.3) is 11.8 Å². The van der Waals surface area contributed by atoms with Gasteiger partial charge in [-0.25, -0.2) is 4.98 Å². The minimum atomic E-state index is -0.342. The summed E-state index contributed by atoms with van der Waals surface area (Å²) in [5, 5.41) is 5.70. The van der Waals surface area contributed by atoms with E-state index < -0.39 is 0 Å². The fourth-order valence-corrected chi connectivity index (χ4v) is 2.88. The molecule has 0 unspecified atom stereocenters. The van der Waals surface area contributed by atoms with Gasteiger partial charge in [0.1, 0.15) is 11.4 Å². The first-order chi connectivity index (χ1) is 13.5. The van der Waals surface area contributed by atoms with Gasteiger partial charge in [0.2, 0.25) is 0 Å². The zero-order chi connectivity index (χ0) is 19.9. The molecule has 0 radical (unpaired) electrons. The zero-order valence-electron chi connectivity index (χ0n) is 16.0. The molecule has 0 fully saturated rings. The second-order valence-corrected chi connectivity index (χ2v) is 6.67. The Morgan fingerprint density at radius 3 is 2.29 bits per heavy atom. The molecule has 1 heterocycles. The predicted molar refractivity (Wildman–Crippen MR) is 111 cm³/mol. The molecule has 0 bridgehead atoms. The summed E-state index contributed by atoms with van der Waals surface area (Å²) in [6.07, 6.45) is 0.736. The molecule has 2 N–H and O–H groups in total. The molecule has 5 heteroatoms. The van der Waals surface area contributed by atoms with Crippen molar-refractivity contribution in [2.45, 2.75) is 20.3 Å². The Hall–Kier alpha value is -3.47. The molecule has 0 aliphatic heterocycles. The summed E-state index contributed by atoms with van der Waals surface area (Å²) in [5.74, 6) is -0.636. The normalized spacial score (nSPS) is 10.4. The van der Waals surface area contributed by atoms with Gasteiger partial charge in [-0.3, -0.25) is 9.59 Å². The van der Waals surface area contributed by atoms with E-state index in [0.717, 1.165) is 28.8 Å². The van der Waals surface area contributed by atoms with E-state index in [1.807, 2.05) is 62.4 Å². The number of aromatic nitrogens is 1. The Morgan fingerprint density at radius 1 is 0.857 bits per heavy atom. The van der Waals surface area contributed by atoms with E-state index in [2.05, 4.69) is 15.6 Å². The predicted octanol–water partition coefficient (Wildman–Crippen LogP) is 3.92. The second-order valence-electron chi connectivity index (χ2n) is 6.67. The van der Waals surface area contributed by atoms with Crippen molar-refractivity contribution in [3.8, 4) is 0 Å². The molecule has 0 atom stereocenters. The molecule has 28 heavy (non-hydrogen) atoms. The van der Waals surface area contributed by atoms with Gasteiger partial charge in [0.15, 0.2) is 0 Å². The Balaban J connectivity index is 1.62. The molecule has 0 aliphatic rings. The van der Waals surface area contributed by atoms with Crippen LogP contribution >= 0.6 is 0 Å². The quantitative estimate of drug-likeness (QED) is 0.688. The topological polar surface area (TPSA) is 71.1 Å². The van der Waals surface area contributed by atoms with Crippen molar-refractivity contribution >= 4 is 17.5 Å². The molecule has 142 valence electrons. The molecular weight excluding hydrogens is 350 g/mol. The number of amides is 2. The average molecular weight is 373 g/mol. The number of pyridine rings is 1. The van der Waals surface area contributed by atoms with Crippen LogP contribution in [0.1, 0.15) is 37.7 Å². The van der Waals surface area contributed by atoms with E-state index in [0.29, 0.717) is 6.54 Å².